The van der Waals surface area contributed by atoms with Crippen molar-refractivity contribution in [1.82, 2.24) is 15.2 Å². The number of likely N-dealkylation sites (tertiary alicyclic amines) is 1. The maximum Gasteiger partial charge on any atom is 0.387 e. The molecule has 1 aliphatic rings. The largest absolute Gasteiger partial charge is 0.491 e. The van der Waals surface area contributed by atoms with Crippen molar-refractivity contribution in [2.45, 2.75) is 51.9 Å². The van der Waals surface area contributed by atoms with Crippen LogP contribution in [0.5, 0.6) is 11.5 Å². The Labute approximate surface area is 218 Å². The second kappa shape index (κ2) is 12.1. The standard InChI is InChI=1S/C27H29F2N3O4S/c1-17(2)35-21-9-7-19(8-10-21)26(34)32-13-11-18(12-14-32)25-31-22(16-37-25)24(33)30-15-20-5-3-4-6-23(20)36-27(28)29/h3-10,16-18,27H,11-15H2,1-2H3,(H,30,33). The van der Waals surface area contributed by atoms with Gasteiger partial charge in [-0.1, -0.05) is 18.2 Å². The molecule has 37 heavy (non-hydrogen) atoms. The first kappa shape index (κ1) is 26.5. The summed E-state index contributed by atoms with van der Waals surface area (Å²) in [5.74, 6) is 0.534. The molecular formula is C27H29F2N3O4S. The number of alkyl halides is 2. The van der Waals surface area contributed by atoms with Gasteiger partial charge in [-0.25, -0.2) is 4.98 Å². The van der Waals surface area contributed by atoms with Crippen LogP contribution in [0.1, 0.15) is 64.0 Å². The summed E-state index contributed by atoms with van der Waals surface area (Å²) in [5.41, 5.74) is 1.36. The van der Waals surface area contributed by atoms with Crippen molar-refractivity contribution < 1.29 is 27.8 Å². The lowest BCUT2D eigenvalue weighted by molar-refractivity contribution is -0.0504. The third-order valence-electron chi connectivity index (χ3n) is 5.99. The zero-order valence-electron chi connectivity index (χ0n) is 20.7. The van der Waals surface area contributed by atoms with Gasteiger partial charge in [-0.3, -0.25) is 9.59 Å². The number of carbonyl (C=O) groups excluding carboxylic acids is 2. The number of piperidine rings is 1. The third-order valence-corrected chi connectivity index (χ3v) is 6.99. The van der Waals surface area contributed by atoms with Crippen LogP contribution in [0.4, 0.5) is 8.78 Å². The predicted octanol–water partition coefficient (Wildman–Crippen LogP) is 5.48. The molecule has 7 nitrogen and oxygen atoms in total. The van der Waals surface area contributed by atoms with Gasteiger partial charge in [0.05, 0.1) is 11.1 Å². The van der Waals surface area contributed by atoms with Crippen LogP contribution in [0.15, 0.2) is 53.9 Å². The minimum atomic E-state index is -2.94. The minimum absolute atomic E-state index is 0.00939. The number of nitrogens with one attached hydrogen (secondary N) is 1. The number of hydrogen-bond donors (Lipinski definition) is 1. The molecule has 2 heterocycles. The molecular weight excluding hydrogens is 500 g/mol. The SMILES string of the molecule is CC(C)Oc1ccc(C(=O)N2CCC(c3nc(C(=O)NCc4ccccc4OC(F)F)cs3)CC2)cc1. The van der Waals surface area contributed by atoms with Gasteiger partial charge in [0.25, 0.3) is 11.8 Å². The Morgan fingerprint density at radius 3 is 2.46 bits per heavy atom. The lowest BCUT2D eigenvalue weighted by Gasteiger charge is -2.31. The van der Waals surface area contributed by atoms with Gasteiger partial charge < -0.3 is 19.7 Å². The molecule has 0 bridgehead atoms. The van der Waals surface area contributed by atoms with E-state index in [1.54, 1.807) is 35.7 Å². The fourth-order valence-electron chi connectivity index (χ4n) is 4.17. The van der Waals surface area contributed by atoms with Gasteiger partial charge in [-0.05, 0) is 57.0 Å². The summed E-state index contributed by atoms with van der Waals surface area (Å²) in [6, 6.07) is 13.5. The van der Waals surface area contributed by atoms with Crippen LogP contribution in [0.2, 0.25) is 0 Å². The van der Waals surface area contributed by atoms with Crippen molar-refractivity contribution in [3.05, 3.63) is 75.7 Å². The molecule has 1 saturated heterocycles. The van der Waals surface area contributed by atoms with Gasteiger partial charge >= 0.3 is 6.61 Å². The molecule has 0 saturated carbocycles. The minimum Gasteiger partial charge on any atom is -0.491 e. The Morgan fingerprint density at radius 1 is 1.08 bits per heavy atom. The van der Waals surface area contributed by atoms with Gasteiger partial charge in [-0.2, -0.15) is 8.78 Å². The molecule has 0 spiro atoms. The Morgan fingerprint density at radius 2 is 1.78 bits per heavy atom. The van der Waals surface area contributed by atoms with E-state index in [4.69, 9.17) is 4.74 Å². The summed E-state index contributed by atoms with van der Waals surface area (Å²) in [7, 11) is 0. The van der Waals surface area contributed by atoms with Gasteiger partial charge in [0.1, 0.15) is 17.2 Å². The molecule has 1 N–H and O–H groups in total. The summed E-state index contributed by atoms with van der Waals surface area (Å²) in [5, 5.41) is 5.27. The summed E-state index contributed by atoms with van der Waals surface area (Å²) in [6.07, 6.45) is 1.59. The topological polar surface area (TPSA) is 80.8 Å². The summed E-state index contributed by atoms with van der Waals surface area (Å²) >= 11 is 1.42. The third kappa shape index (κ3) is 7.03. The van der Waals surface area contributed by atoms with Crippen molar-refractivity contribution in [2.75, 3.05) is 13.1 Å². The molecule has 1 aromatic heterocycles. The quantitative estimate of drug-likeness (QED) is 0.397. The Hall–Kier alpha value is -3.53. The number of aromatic nitrogens is 1. The van der Waals surface area contributed by atoms with Gasteiger partial charge in [0.15, 0.2) is 0 Å². The number of para-hydroxylation sites is 1. The monoisotopic (exact) mass is 529 g/mol. The highest BCUT2D eigenvalue weighted by molar-refractivity contribution is 7.09. The van der Waals surface area contributed by atoms with E-state index < -0.39 is 6.61 Å². The highest BCUT2D eigenvalue weighted by Crippen LogP contribution is 2.31. The van der Waals surface area contributed by atoms with Crippen molar-refractivity contribution in [3.63, 3.8) is 0 Å². The van der Waals surface area contributed by atoms with Crippen molar-refractivity contribution >= 4 is 23.2 Å². The fourth-order valence-corrected chi connectivity index (χ4v) is 5.14. The van der Waals surface area contributed by atoms with Crippen molar-refractivity contribution in [3.8, 4) is 11.5 Å². The Kier molecular flexibility index (Phi) is 8.70. The number of rotatable bonds is 9. The van der Waals surface area contributed by atoms with E-state index in [9.17, 15) is 18.4 Å². The number of nitrogens with zero attached hydrogens (tertiary/aromatic N) is 2. The first-order valence-corrected chi connectivity index (χ1v) is 13.0. The molecule has 0 atom stereocenters. The second-order valence-electron chi connectivity index (χ2n) is 9.00. The number of halogens is 2. The van der Waals surface area contributed by atoms with E-state index in [-0.39, 0.29) is 41.8 Å². The van der Waals surface area contributed by atoms with Crippen LogP contribution in [0.25, 0.3) is 0 Å². The Bertz CT molecular complexity index is 1210. The van der Waals surface area contributed by atoms with Crippen molar-refractivity contribution in [1.29, 1.82) is 0 Å². The zero-order valence-corrected chi connectivity index (χ0v) is 21.5. The van der Waals surface area contributed by atoms with E-state index in [0.717, 1.165) is 23.6 Å². The first-order valence-electron chi connectivity index (χ1n) is 12.1. The molecule has 0 radical (unpaired) electrons. The molecule has 1 aliphatic heterocycles. The number of amides is 2. The average molecular weight is 530 g/mol. The highest BCUT2D eigenvalue weighted by Gasteiger charge is 2.27. The van der Waals surface area contributed by atoms with Crippen LogP contribution >= 0.6 is 11.3 Å². The Balaban J connectivity index is 1.29. The first-order chi connectivity index (χ1) is 17.8. The lowest BCUT2D eigenvalue weighted by Crippen LogP contribution is -2.37. The molecule has 10 heteroatoms. The van der Waals surface area contributed by atoms with Gasteiger partial charge in [0.2, 0.25) is 0 Å². The van der Waals surface area contributed by atoms with E-state index >= 15 is 0 Å². The molecule has 0 unspecified atom stereocenters. The van der Waals surface area contributed by atoms with E-state index in [1.807, 2.05) is 30.9 Å². The number of thiazole rings is 1. The summed E-state index contributed by atoms with van der Waals surface area (Å²) in [4.78, 5) is 31.9. The summed E-state index contributed by atoms with van der Waals surface area (Å²) in [6.45, 7) is 2.22. The molecule has 2 amide bonds. The average Bonchev–Trinajstić information content (AvgIpc) is 3.38. The number of hydrogen-bond acceptors (Lipinski definition) is 6. The predicted molar refractivity (Wildman–Crippen MR) is 136 cm³/mol. The maximum absolute atomic E-state index is 12.9. The molecule has 3 aromatic rings. The number of ether oxygens (including phenoxy) is 2. The van der Waals surface area contributed by atoms with E-state index in [2.05, 4.69) is 15.0 Å². The smallest absolute Gasteiger partial charge is 0.387 e. The molecule has 2 aromatic carbocycles. The van der Waals surface area contributed by atoms with Crippen LogP contribution in [0.3, 0.4) is 0 Å². The van der Waals surface area contributed by atoms with Gasteiger partial charge in [-0.15, -0.1) is 11.3 Å². The van der Waals surface area contributed by atoms with Crippen LogP contribution in [-0.2, 0) is 6.54 Å². The van der Waals surface area contributed by atoms with E-state index in [0.29, 0.717) is 24.2 Å². The van der Waals surface area contributed by atoms with E-state index in [1.165, 1.54) is 17.4 Å². The summed E-state index contributed by atoms with van der Waals surface area (Å²) < 4.78 is 35.4. The highest BCUT2D eigenvalue weighted by atomic mass is 32.1. The zero-order chi connectivity index (χ0) is 26.4. The van der Waals surface area contributed by atoms with Crippen LogP contribution in [-0.4, -0.2) is 47.5 Å². The lowest BCUT2D eigenvalue weighted by atomic mass is 9.97. The molecule has 0 aliphatic carbocycles. The molecule has 196 valence electrons. The fraction of sp³-hybridized carbons (Fsp3) is 0.370. The second-order valence-corrected chi connectivity index (χ2v) is 9.89. The normalized spacial score (nSPS) is 14.2. The van der Waals surface area contributed by atoms with Crippen LogP contribution < -0.4 is 14.8 Å². The maximum atomic E-state index is 12.9. The molecule has 1 fully saturated rings. The van der Waals surface area contributed by atoms with Crippen LogP contribution in [0, 0.1) is 0 Å². The number of benzene rings is 2. The molecule has 4 rings (SSSR count). The van der Waals surface area contributed by atoms with Crippen molar-refractivity contribution in [2.24, 2.45) is 0 Å². The number of carbonyl (C=O) groups is 2. The van der Waals surface area contributed by atoms with Gasteiger partial charge in [0, 0.05) is 42.1 Å².